The highest BCUT2D eigenvalue weighted by Gasteiger charge is 2.37. The molecule has 0 spiro atoms. The molecule has 3 nitrogen and oxygen atoms in total. The van der Waals surface area contributed by atoms with Gasteiger partial charge in [0.05, 0.1) is 11.7 Å². The maximum Gasteiger partial charge on any atom is 0.0830 e. The van der Waals surface area contributed by atoms with Gasteiger partial charge in [0.15, 0.2) is 0 Å². The van der Waals surface area contributed by atoms with Crippen molar-refractivity contribution in [2.24, 2.45) is 5.92 Å². The highest BCUT2D eigenvalue weighted by molar-refractivity contribution is 5.44. The van der Waals surface area contributed by atoms with Gasteiger partial charge in [-0.1, -0.05) is 44.3 Å². The summed E-state index contributed by atoms with van der Waals surface area (Å²) in [6, 6.07) is 4.03. The number of nitrogens with zero attached hydrogens (tertiary/aromatic N) is 1. The third-order valence-corrected chi connectivity index (χ3v) is 6.37. The quantitative estimate of drug-likeness (QED) is 0.742. The Hall–Kier alpha value is -1.61. The lowest BCUT2D eigenvalue weighted by atomic mass is 9.77. The van der Waals surface area contributed by atoms with Crippen LogP contribution >= 0.6 is 0 Å². The van der Waals surface area contributed by atoms with Crippen LogP contribution < -0.4 is 5.32 Å². The topological polar surface area (TPSA) is 34.2 Å². The SMILES string of the molecule is CC1(CC2CCCCC2)CCC2=CC(CNc3ccncc3)=CCC2O1. The minimum absolute atomic E-state index is 0.0879. The molecule has 0 bridgehead atoms. The smallest absolute Gasteiger partial charge is 0.0830 e. The summed E-state index contributed by atoms with van der Waals surface area (Å²) in [6.45, 7) is 3.24. The second-order valence-electron chi connectivity index (χ2n) is 8.59. The van der Waals surface area contributed by atoms with Crippen molar-refractivity contribution in [1.82, 2.24) is 4.98 Å². The van der Waals surface area contributed by atoms with E-state index in [1.807, 2.05) is 24.5 Å². The van der Waals surface area contributed by atoms with Crippen LogP contribution in [-0.4, -0.2) is 23.2 Å². The lowest BCUT2D eigenvalue weighted by Gasteiger charge is -2.43. The van der Waals surface area contributed by atoms with Gasteiger partial charge in [-0.3, -0.25) is 4.98 Å². The van der Waals surface area contributed by atoms with E-state index >= 15 is 0 Å². The van der Waals surface area contributed by atoms with Crippen molar-refractivity contribution in [3.05, 3.63) is 47.8 Å². The van der Waals surface area contributed by atoms with Crippen LogP contribution in [0.5, 0.6) is 0 Å². The number of ether oxygens (including phenoxy) is 1. The van der Waals surface area contributed by atoms with Crippen LogP contribution in [0.3, 0.4) is 0 Å². The van der Waals surface area contributed by atoms with Crippen molar-refractivity contribution in [2.75, 3.05) is 11.9 Å². The molecule has 1 N–H and O–H groups in total. The first-order valence-electron chi connectivity index (χ1n) is 10.4. The average Bonchev–Trinajstić information content (AvgIpc) is 2.68. The highest BCUT2D eigenvalue weighted by atomic mass is 16.5. The third kappa shape index (κ3) is 4.37. The molecule has 2 unspecified atom stereocenters. The number of fused-ring (bicyclic) bond motifs is 1. The number of hydrogen-bond donors (Lipinski definition) is 1. The Morgan fingerprint density at radius 2 is 2.00 bits per heavy atom. The zero-order valence-corrected chi connectivity index (χ0v) is 16.0. The summed E-state index contributed by atoms with van der Waals surface area (Å²) in [7, 11) is 0. The first-order chi connectivity index (χ1) is 12.7. The molecule has 0 radical (unpaired) electrons. The normalized spacial score (nSPS) is 29.5. The van der Waals surface area contributed by atoms with E-state index in [0.29, 0.717) is 6.10 Å². The highest BCUT2D eigenvalue weighted by Crippen LogP contribution is 2.42. The van der Waals surface area contributed by atoms with Crippen molar-refractivity contribution < 1.29 is 4.74 Å². The van der Waals surface area contributed by atoms with E-state index in [-0.39, 0.29) is 5.60 Å². The van der Waals surface area contributed by atoms with Crippen LogP contribution in [0.4, 0.5) is 5.69 Å². The summed E-state index contributed by atoms with van der Waals surface area (Å²) in [5.41, 5.74) is 4.10. The number of hydrogen-bond acceptors (Lipinski definition) is 3. The Morgan fingerprint density at radius 3 is 2.81 bits per heavy atom. The van der Waals surface area contributed by atoms with Crippen molar-refractivity contribution >= 4 is 5.69 Å². The molecule has 1 aromatic rings. The molecule has 4 rings (SSSR count). The molecule has 1 saturated carbocycles. The van der Waals surface area contributed by atoms with E-state index in [4.69, 9.17) is 4.74 Å². The molecule has 1 saturated heterocycles. The minimum atomic E-state index is 0.0879. The molecule has 3 heteroatoms. The number of nitrogens with one attached hydrogen (secondary N) is 1. The second-order valence-corrected chi connectivity index (χ2v) is 8.59. The zero-order valence-electron chi connectivity index (χ0n) is 16.0. The zero-order chi connectivity index (χ0) is 17.8. The van der Waals surface area contributed by atoms with Crippen LogP contribution in [0.1, 0.15) is 64.7 Å². The van der Waals surface area contributed by atoms with E-state index in [1.165, 1.54) is 62.5 Å². The maximum atomic E-state index is 6.65. The number of aromatic nitrogens is 1. The Balaban J connectivity index is 1.32. The van der Waals surface area contributed by atoms with Crippen LogP contribution in [-0.2, 0) is 4.74 Å². The molecule has 0 aromatic carbocycles. The number of pyridine rings is 1. The van der Waals surface area contributed by atoms with Crippen molar-refractivity contribution in [3.63, 3.8) is 0 Å². The predicted molar refractivity (Wildman–Crippen MR) is 107 cm³/mol. The van der Waals surface area contributed by atoms with Gasteiger partial charge in [-0.05, 0) is 61.8 Å². The summed E-state index contributed by atoms with van der Waals surface area (Å²) >= 11 is 0. The van der Waals surface area contributed by atoms with E-state index in [9.17, 15) is 0 Å². The van der Waals surface area contributed by atoms with E-state index < -0.39 is 0 Å². The lowest BCUT2D eigenvalue weighted by Crippen LogP contribution is -2.41. The summed E-state index contributed by atoms with van der Waals surface area (Å²) < 4.78 is 6.65. The minimum Gasteiger partial charge on any atom is -0.381 e. The molecular formula is C23H32N2O. The molecule has 2 aliphatic carbocycles. The third-order valence-electron chi connectivity index (χ3n) is 6.37. The van der Waals surface area contributed by atoms with Crippen molar-refractivity contribution in [3.8, 4) is 0 Å². The van der Waals surface area contributed by atoms with Gasteiger partial charge in [-0.25, -0.2) is 0 Å². The van der Waals surface area contributed by atoms with E-state index in [2.05, 4.69) is 29.4 Å². The summed E-state index contributed by atoms with van der Waals surface area (Å²) in [4.78, 5) is 4.07. The van der Waals surface area contributed by atoms with Gasteiger partial charge in [0.1, 0.15) is 0 Å². The first kappa shape index (κ1) is 17.8. The van der Waals surface area contributed by atoms with Gasteiger partial charge in [-0.2, -0.15) is 0 Å². The summed E-state index contributed by atoms with van der Waals surface area (Å²) in [6.07, 6.45) is 20.5. The van der Waals surface area contributed by atoms with Gasteiger partial charge in [0, 0.05) is 24.6 Å². The van der Waals surface area contributed by atoms with Gasteiger partial charge in [0.2, 0.25) is 0 Å². The Morgan fingerprint density at radius 1 is 1.19 bits per heavy atom. The maximum absolute atomic E-state index is 6.65. The van der Waals surface area contributed by atoms with Crippen LogP contribution in [0, 0.1) is 5.92 Å². The van der Waals surface area contributed by atoms with Gasteiger partial charge in [0.25, 0.3) is 0 Å². The molecule has 3 aliphatic rings. The fraction of sp³-hybridized carbons (Fsp3) is 0.609. The Kier molecular flexibility index (Phi) is 5.44. The van der Waals surface area contributed by atoms with Gasteiger partial charge in [-0.15, -0.1) is 0 Å². The van der Waals surface area contributed by atoms with Crippen LogP contribution in [0.2, 0.25) is 0 Å². The van der Waals surface area contributed by atoms with Crippen molar-refractivity contribution in [1.29, 1.82) is 0 Å². The first-order valence-corrected chi connectivity index (χ1v) is 10.4. The Bertz CT molecular complexity index is 660. The fourth-order valence-corrected chi connectivity index (χ4v) is 4.92. The fourth-order valence-electron chi connectivity index (χ4n) is 4.92. The predicted octanol–water partition coefficient (Wildman–Crippen LogP) is 5.66. The molecule has 2 heterocycles. The molecule has 2 atom stereocenters. The second kappa shape index (κ2) is 7.96. The molecule has 0 amide bonds. The monoisotopic (exact) mass is 352 g/mol. The number of anilines is 1. The summed E-state index contributed by atoms with van der Waals surface area (Å²) in [5.74, 6) is 0.888. The standard InChI is InChI=1S/C23H32N2O/c1-23(16-18-5-3-2-4-6-18)12-9-20-15-19(7-8-22(20)26-23)17-25-21-10-13-24-14-11-21/h7,10-11,13-15,18,22H,2-6,8-9,12,16-17H2,1H3,(H,24,25). The molecule has 26 heavy (non-hydrogen) atoms. The Labute approximate surface area is 157 Å². The average molecular weight is 353 g/mol. The molecule has 2 fully saturated rings. The molecule has 140 valence electrons. The van der Waals surface area contributed by atoms with E-state index in [0.717, 1.165) is 24.6 Å². The lowest BCUT2D eigenvalue weighted by molar-refractivity contribution is -0.106. The van der Waals surface area contributed by atoms with Crippen molar-refractivity contribution in [2.45, 2.75) is 76.4 Å². The van der Waals surface area contributed by atoms with Gasteiger partial charge < -0.3 is 10.1 Å². The molecule has 1 aromatic heterocycles. The van der Waals surface area contributed by atoms with Crippen LogP contribution in [0.25, 0.3) is 0 Å². The largest absolute Gasteiger partial charge is 0.381 e. The summed E-state index contributed by atoms with van der Waals surface area (Å²) in [5, 5.41) is 3.49. The molecule has 1 aliphatic heterocycles. The molecular weight excluding hydrogens is 320 g/mol. The van der Waals surface area contributed by atoms with E-state index in [1.54, 1.807) is 0 Å². The van der Waals surface area contributed by atoms with Crippen LogP contribution in [0.15, 0.2) is 47.8 Å². The van der Waals surface area contributed by atoms with Gasteiger partial charge >= 0.3 is 0 Å². The number of rotatable bonds is 5.